The maximum atomic E-state index is 11.8. The van der Waals surface area contributed by atoms with Gasteiger partial charge in [-0.3, -0.25) is 0 Å². The van der Waals surface area contributed by atoms with E-state index < -0.39 is 18.2 Å². The molecule has 0 aromatic rings. The minimum absolute atomic E-state index is 0.0407. The fourth-order valence-electron chi connectivity index (χ4n) is 2.10. The van der Waals surface area contributed by atoms with E-state index in [1.54, 1.807) is 0 Å². The molecule has 1 unspecified atom stereocenters. The van der Waals surface area contributed by atoms with Gasteiger partial charge in [-0.25, -0.2) is 0 Å². The Labute approximate surface area is 106 Å². The molecule has 0 saturated heterocycles. The molecule has 0 rings (SSSR count). The van der Waals surface area contributed by atoms with Crippen molar-refractivity contribution in [2.75, 3.05) is 26.4 Å². The molecule has 110 valence electrons. The third kappa shape index (κ3) is 7.89. The summed E-state index contributed by atoms with van der Waals surface area (Å²) in [5.74, 6) is 0.386. The number of nitrogens with two attached hydrogens (primary N) is 1. The molecule has 0 fully saturated rings. The number of hydrogen-bond donors (Lipinski definition) is 2. The predicted molar refractivity (Wildman–Crippen MR) is 64.1 cm³/mol. The van der Waals surface area contributed by atoms with Crippen LogP contribution < -0.4 is 5.73 Å². The van der Waals surface area contributed by atoms with Crippen LogP contribution in [0.4, 0.5) is 13.2 Å². The summed E-state index contributed by atoms with van der Waals surface area (Å²) < 4.78 is 40.0. The largest absolute Gasteiger partial charge is 0.411 e. The average Bonchev–Trinajstić information content (AvgIpc) is 2.25. The smallest absolute Gasteiger partial charge is 0.396 e. The summed E-state index contributed by atoms with van der Waals surface area (Å²) in [4.78, 5) is 0. The molecule has 0 bridgehead atoms. The summed E-state index contributed by atoms with van der Waals surface area (Å²) in [5, 5.41) is 9.41. The van der Waals surface area contributed by atoms with Gasteiger partial charge in [-0.1, -0.05) is 13.8 Å². The Morgan fingerprint density at radius 3 is 2.28 bits per heavy atom. The number of alkyl halides is 3. The van der Waals surface area contributed by atoms with Gasteiger partial charge in [0.15, 0.2) is 0 Å². The predicted octanol–water partition coefficient (Wildman–Crippen LogP) is 2.33. The second-order valence-corrected chi connectivity index (χ2v) is 5.23. The lowest BCUT2D eigenvalue weighted by molar-refractivity contribution is -0.174. The minimum atomic E-state index is -4.28. The van der Waals surface area contributed by atoms with Gasteiger partial charge in [-0.05, 0) is 25.2 Å². The summed E-state index contributed by atoms with van der Waals surface area (Å²) >= 11 is 0. The summed E-state index contributed by atoms with van der Waals surface area (Å²) in [5.41, 5.74) is 5.28. The molecule has 0 aromatic carbocycles. The lowest BCUT2D eigenvalue weighted by atomic mass is 9.77. The first-order valence-corrected chi connectivity index (χ1v) is 6.20. The van der Waals surface area contributed by atoms with Crippen molar-refractivity contribution in [1.82, 2.24) is 0 Å². The quantitative estimate of drug-likeness (QED) is 0.633. The molecular weight excluding hydrogens is 247 g/mol. The zero-order chi connectivity index (χ0) is 14.2. The van der Waals surface area contributed by atoms with Crippen LogP contribution in [-0.4, -0.2) is 37.6 Å². The highest BCUT2D eigenvalue weighted by Gasteiger charge is 2.29. The topological polar surface area (TPSA) is 55.5 Å². The van der Waals surface area contributed by atoms with E-state index in [9.17, 15) is 18.3 Å². The molecule has 3 N–H and O–H groups in total. The Morgan fingerprint density at radius 1 is 1.28 bits per heavy atom. The molecule has 3 nitrogen and oxygen atoms in total. The average molecular weight is 271 g/mol. The van der Waals surface area contributed by atoms with Crippen LogP contribution in [0.1, 0.15) is 33.1 Å². The van der Waals surface area contributed by atoms with Crippen LogP contribution in [0, 0.1) is 11.3 Å². The van der Waals surface area contributed by atoms with Gasteiger partial charge in [0.25, 0.3) is 0 Å². The molecular formula is C12H24F3NO2. The van der Waals surface area contributed by atoms with E-state index in [1.807, 2.05) is 13.8 Å². The van der Waals surface area contributed by atoms with E-state index in [-0.39, 0.29) is 13.2 Å². The van der Waals surface area contributed by atoms with Gasteiger partial charge in [0.2, 0.25) is 0 Å². The minimum Gasteiger partial charge on any atom is -0.396 e. The van der Waals surface area contributed by atoms with Gasteiger partial charge < -0.3 is 15.6 Å². The monoisotopic (exact) mass is 271 g/mol. The van der Waals surface area contributed by atoms with Crippen molar-refractivity contribution in [3.8, 4) is 0 Å². The molecule has 0 radical (unpaired) electrons. The zero-order valence-corrected chi connectivity index (χ0v) is 11.1. The van der Waals surface area contributed by atoms with E-state index in [1.165, 1.54) is 0 Å². The normalized spacial score (nSPS) is 16.0. The molecule has 0 heterocycles. The number of rotatable bonds is 9. The molecule has 0 aliphatic carbocycles. The first-order chi connectivity index (χ1) is 8.24. The standard InChI is InChI=1S/C12H24F3NO2/c1-10(2)6-11(7-16,8-17)4-3-5-18-9-12(13,14)15/h10,17H,3-9,16H2,1-2H3. The summed E-state index contributed by atoms with van der Waals surface area (Å²) in [6.07, 6.45) is -2.46. The van der Waals surface area contributed by atoms with Gasteiger partial charge in [0, 0.05) is 25.2 Å². The maximum Gasteiger partial charge on any atom is 0.411 e. The van der Waals surface area contributed by atoms with E-state index in [0.717, 1.165) is 6.42 Å². The summed E-state index contributed by atoms with van der Waals surface area (Å²) in [6.45, 7) is 3.17. The van der Waals surface area contributed by atoms with Crippen molar-refractivity contribution in [1.29, 1.82) is 0 Å². The van der Waals surface area contributed by atoms with Crippen molar-refractivity contribution in [3.63, 3.8) is 0 Å². The van der Waals surface area contributed by atoms with Crippen molar-refractivity contribution in [2.45, 2.75) is 39.3 Å². The van der Waals surface area contributed by atoms with Gasteiger partial charge in [-0.2, -0.15) is 13.2 Å². The van der Waals surface area contributed by atoms with Crippen molar-refractivity contribution in [3.05, 3.63) is 0 Å². The molecule has 0 saturated carbocycles. The zero-order valence-electron chi connectivity index (χ0n) is 11.1. The van der Waals surface area contributed by atoms with Crippen molar-refractivity contribution < 1.29 is 23.0 Å². The molecule has 6 heteroatoms. The number of hydrogen-bond acceptors (Lipinski definition) is 3. The highest BCUT2D eigenvalue weighted by molar-refractivity contribution is 4.80. The molecule has 0 amide bonds. The van der Waals surface area contributed by atoms with Crippen molar-refractivity contribution >= 4 is 0 Å². The van der Waals surface area contributed by atoms with Crippen LogP contribution in [0.25, 0.3) is 0 Å². The van der Waals surface area contributed by atoms with E-state index in [4.69, 9.17) is 5.73 Å². The van der Waals surface area contributed by atoms with Gasteiger partial charge >= 0.3 is 6.18 Å². The van der Waals surface area contributed by atoms with Crippen LogP contribution in [0.5, 0.6) is 0 Å². The Bertz CT molecular complexity index is 216. The van der Waals surface area contributed by atoms with Crippen molar-refractivity contribution in [2.24, 2.45) is 17.1 Å². The SMILES string of the molecule is CC(C)CC(CN)(CO)CCCOCC(F)(F)F. The van der Waals surface area contributed by atoms with Crippen LogP contribution in [-0.2, 0) is 4.74 Å². The first kappa shape index (κ1) is 17.7. The molecule has 0 aliphatic rings. The van der Waals surface area contributed by atoms with Crippen LogP contribution in [0.3, 0.4) is 0 Å². The van der Waals surface area contributed by atoms with E-state index in [2.05, 4.69) is 4.74 Å². The highest BCUT2D eigenvalue weighted by Crippen LogP contribution is 2.30. The first-order valence-electron chi connectivity index (χ1n) is 6.20. The third-order valence-corrected chi connectivity index (χ3v) is 2.87. The molecule has 0 spiro atoms. The fourth-order valence-corrected chi connectivity index (χ4v) is 2.10. The Kier molecular flexibility index (Phi) is 7.82. The second-order valence-electron chi connectivity index (χ2n) is 5.23. The number of aliphatic hydroxyl groups excluding tert-OH is 1. The van der Waals surface area contributed by atoms with Crippen LogP contribution >= 0.6 is 0 Å². The maximum absolute atomic E-state index is 11.8. The second kappa shape index (κ2) is 7.96. The lowest BCUT2D eigenvalue weighted by Crippen LogP contribution is -2.36. The number of aliphatic hydroxyl groups is 1. The number of ether oxygens (including phenoxy) is 1. The Morgan fingerprint density at radius 2 is 1.89 bits per heavy atom. The van der Waals surface area contributed by atoms with E-state index >= 15 is 0 Å². The molecule has 1 atom stereocenters. The Balaban J connectivity index is 3.98. The van der Waals surface area contributed by atoms with Gasteiger partial charge in [0.1, 0.15) is 6.61 Å². The Hall–Kier alpha value is -0.330. The lowest BCUT2D eigenvalue weighted by Gasteiger charge is -2.32. The van der Waals surface area contributed by atoms with Crippen LogP contribution in [0.2, 0.25) is 0 Å². The highest BCUT2D eigenvalue weighted by atomic mass is 19.4. The molecule has 0 aromatic heterocycles. The number of halogens is 3. The van der Waals surface area contributed by atoms with Crippen LogP contribution in [0.15, 0.2) is 0 Å². The van der Waals surface area contributed by atoms with Gasteiger partial charge in [0.05, 0.1) is 0 Å². The summed E-state index contributed by atoms with van der Waals surface area (Å²) in [6, 6.07) is 0. The molecule has 18 heavy (non-hydrogen) atoms. The van der Waals surface area contributed by atoms with Gasteiger partial charge in [-0.15, -0.1) is 0 Å². The fraction of sp³-hybridized carbons (Fsp3) is 1.00. The summed E-state index contributed by atoms with van der Waals surface area (Å²) in [7, 11) is 0. The molecule has 0 aliphatic heterocycles. The van der Waals surface area contributed by atoms with E-state index in [0.29, 0.717) is 25.3 Å². The third-order valence-electron chi connectivity index (χ3n) is 2.87.